The Labute approximate surface area is 180 Å². The number of anilines is 1. The van der Waals surface area contributed by atoms with E-state index in [2.05, 4.69) is 10.6 Å². The Balaban J connectivity index is 1.73. The molecule has 0 fully saturated rings. The van der Waals surface area contributed by atoms with Gasteiger partial charge in [0, 0.05) is 29.3 Å². The minimum atomic E-state index is -0.436. The molecule has 0 atom stereocenters. The minimum absolute atomic E-state index is 0.0885. The van der Waals surface area contributed by atoms with Crippen molar-refractivity contribution >= 4 is 23.3 Å². The Hall–Kier alpha value is -3.80. The molecule has 0 radical (unpaired) electrons. The Morgan fingerprint density at radius 1 is 0.871 bits per heavy atom. The number of rotatable bonds is 7. The average molecular weight is 418 g/mol. The van der Waals surface area contributed by atoms with Crippen LogP contribution in [0.3, 0.4) is 0 Å². The van der Waals surface area contributed by atoms with Crippen LogP contribution in [0.15, 0.2) is 72.8 Å². The highest BCUT2D eigenvalue weighted by molar-refractivity contribution is 6.15. The number of nitrogens with one attached hydrogen (secondary N) is 2. The van der Waals surface area contributed by atoms with Gasteiger partial charge in [0.05, 0.1) is 5.56 Å². The van der Waals surface area contributed by atoms with Crippen molar-refractivity contribution in [3.63, 3.8) is 0 Å². The van der Waals surface area contributed by atoms with Crippen molar-refractivity contribution < 1.29 is 18.8 Å². The Morgan fingerprint density at radius 2 is 1.55 bits per heavy atom. The van der Waals surface area contributed by atoms with Crippen LogP contribution in [0.5, 0.6) is 0 Å². The molecule has 0 aliphatic carbocycles. The smallest absolute Gasteiger partial charge is 0.252 e. The Kier molecular flexibility index (Phi) is 6.92. The maximum Gasteiger partial charge on any atom is 0.252 e. The molecule has 0 spiro atoms. The van der Waals surface area contributed by atoms with E-state index >= 15 is 0 Å². The van der Waals surface area contributed by atoms with Crippen LogP contribution >= 0.6 is 0 Å². The van der Waals surface area contributed by atoms with E-state index in [9.17, 15) is 18.8 Å². The number of carbonyl (C=O) groups excluding carboxylic acids is 3. The zero-order valence-electron chi connectivity index (χ0n) is 17.3. The predicted molar refractivity (Wildman–Crippen MR) is 117 cm³/mol. The molecule has 0 heterocycles. The molecular formula is C25H23FN2O3. The van der Waals surface area contributed by atoms with Crippen LogP contribution in [0.1, 0.15) is 45.7 Å². The van der Waals surface area contributed by atoms with Crippen LogP contribution in [-0.4, -0.2) is 17.6 Å². The van der Waals surface area contributed by atoms with Crippen molar-refractivity contribution in [3.05, 3.63) is 101 Å². The molecule has 5 nitrogen and oxygen atoms in total. The molecule has 0 unspecified atom stereocenters. The van der Waals surface area contributed by atoms with E-state index in [0.717, 1.165) is 5.56 Å². The van der Waals surface area contributed by atoms with Crippen molar-refractivity contribution in [2.24, 2.45) is 5.92 Å². The molecule has 3 aromatic rings. The molecule has 31 heavy (non-hydrogen) atoms. The molecule has 2 N–H and O–H groups in total. The van der Waals surface area contributed by atoms with Gasteiger partial charge in [-0.25, -0.2) is 4.39 Å². The van der Waals surface area contributed by atoms with E-state index < -0.39 is 11.7 Å². The number of halogens is 1. The van der Waals surface area contributed by atoms with Gasteiger partial charge in [0.2, 0.25) is 5.91 Å². The van der Waals surface area contributed by atoms with Crippen LogP contribution < -0.4 is 10.6 Å². The highest BCUT2D eigenvalue weighted by Crippen LogP contribution is 2.16. The van der Waals surface area contributed by atoms with E-state index in [4.69, 9.17) is 0 Å². The van der Waals surface area contributed by atoms with E-state index in [1.54, 1.807) is 42.5 Å². The van der Waals surface area contributed by atoms with Gasteiger partial charge in [0.1, 0.15) is 5.82 Å². The molecule has 0 aliphatic rings. The Bertz CT molecular complexity index is 1110. The summed E-state index contributed by atoms with van der Waals surface area (Å²) >= 11 is 0. The van der Waals surface area contributed by atoms with E-state index in [1.165, 1.54) is 24.3 Å². The first-order valence-corrected chi connectivity index (χ1v) is 9.92. The van der Waals surface area contributed by atoms with Crippen molar-refractivity contribution in [3.8, 4) is 0 Å². The van der Waals surface area contributed by atoms with Gasteiger partial charge in [-0.15, -0.1) is 0 Å². The van der Waals surface area contributed by atoms with Crippen molar-refractivity contribution in [1.82, 2.24) is 5.32 Å². The van der Waals surface area contributed by atoms with E-state index in [1.807, 2.05) is 19.9 Å². The highest BCUT2D eigenvalue weighted by Gasteiger charge is 2.18. The van der Waals surface area contributed by atoms with Crippen molar-refractivity contribution in [1.29, 1.82) is 0 Å². The standard InChI is InChI=1S/C25H23FN2O3/c1-16(2)24(30)28-20-7-5-6-17(14-20)15-27-25(31)22-9-4-3-8-21(22)23(29)18-10-12-19(26)13-11-18/h3-14,16H,15H2,1-2H3,(H,27,31)(H,28,30). The largest absolute Gasteiger partial charge is 0.348 e. The number of amides is 2. The van der Waals surface area contributed by atoms with Crippen LogP contribution in [-0.2, 0) is 11.3 Å². The summed E-state index contributed by atoms with van der Waals surface area (Å²) in [6, 6.07) is 18.9. The second-order valence-corrected chi connectivity index (χ2v) is 7.41. The number of benzene rings is 3. The van der Waals surface area contributed by atoms with Gasteiger partial charge in [0.25, 0.3) is 5.91 Å². The zero-order chi connectivity index (χ0) is 22.4. The van der Waals surface area contributed by atoms with Gasteiger partial charge in [-0.1, -0.05) is 44.2 Å². The third-order valence-corrected chi connectivity index (χ3v) is 4.69. The predicted octanol–water partition coefficient (Wildman–Crippen LogP) is 4.58. The van der Waals surface area contributed by atoms with Crippen molar-refractivity contribution in [2.45, 2.75) is 20.4 Å². The van der Waals surface area contributed by atoms with Crippen LogP contribution in [0.2, 0.25) is 0 Å². The third-order valence-electron chi connectivity index (χ3n) is 4.69. The molecule has 3 rings (SSSR count). The fraction of sp³-hybridized carbons (Fsp3) is 0.160. The summed E-state index contributed by atoms with van der Waals surface area (Å²) in [5, 5.41) is 5.63. The number of ketones is 1. The first-order chi connectivity index (χ1) is 14.8. The fourth-order valence-corrected chi connectivity index (χ4v) is 2.96. The topological polar surface area (TPSA) is 75.3 Å². The molecule has 158 valence electrons. The normalized spacial score (nSPS) is 10.6. The van der Waals surface area contributed by atoms with Crippen LogP contribution in [0.4, 0.5) is 10.1 Å². The first-order valence-electron chi connectivity index (χ1n) is 9.92. The molecule has 2 amide bonds. The molecule has 6 heteroatoms. The second-order valence-electron chi connectivity index (χ2n) is 7.41. The lowest BCUT2D eigenvalue weighted by molar-refractivity contribution is -0.118. The lowest BCUT2D eigenvalue weighted by atomic mass is 9.98. The lowest BCUT2D eigenvalue weighted by Crippen LogP contribution is -2.25. The summed E-state index contributed by atoms with van der Waals surface area (Å²) in [5.74, 6) is -1.42. The van der Waals surface area contributed by atoms with Gasteiger partial charge in [-0.3, -0.25) is 14.4 Å². The van der Waals surface area contributed by atoms with E-state index in [-0.39, 0.29) is 35.3 Å². The first kappa shape index (κ1) is 21.9. The summed E-state index contributed by atoms with van der Waals surface area (Å²) in [7, 11) is 0. The van der Waals surface area contributed by atoms with Gasteiger partial charge in [-0.05, 0) is 48.0 Å². The molecule has 0 saturated heterocycles. The quantitative estimate of drug-likeness (QED) is 0.552. The molecule has 0 saturated carbocycles. The molecule has 0 bridgehead atoms. The van der Waals surface area contributed by atoms with Crippen molar-refractivity contribution in [2.75, 3.05) is 5.32 Å². The minimum Gasteiger partial charge on any atom is -0.348 e. The van der Waals surface area contributed by atoms with Gasteiger partial charge >= 0.3 is 0 Å². The average Bonchev–Trinajstić information content (AvgIpc) is 2.77. The third kappa shape index (κ3) is 5.63. The molecule has 3 aromatic carbocycles. The SMILES string of the molecule is CC(C)C(=O)Nc1cccc(CNC(=O)c2ccccc2C(=O)c2ccc(F)cc2)c1. The zero-order valence-corrected chi connectivity index (χ0v) is 17.3. The van der Waals surface area contributed by atoms with Gasteiger partial charge in [0.15, 0.2) is 5.78 Å². The number of hydrogen-bond donors (Lipinski definition) is 2. The van der Waals surface area contributed by atoms with E-state index in [0.29, 0.717) is 11.3 Å². The van der Waals surface area contributed by atoms with Crippen LogP contribution in [0, 0.1) is 11.7 Å². The molecular weight excluding hydrogens is 395 g/mol. The monoisotopic (exact) mass is 418 g/mol. The summed E-state index contributed by atoms with van der Waals surface area (Å²) in [6.07, 6.45) is 0. The Morgan fingerprint density at radius 3 is 2.23 bits per heavy atom. The number of hydrogen-bond acceptors (Lipinski definition) is 3. The van der Waals surface area contributed by atoms with Crippen LogP contribution in [0.25, 0.3) is 0 Å². The summed E-state index contributed by atoms with van der Waals surface area (Å²) in [5.41, 5.74) is 2.23. The maximum absolute atomic E-state index is 13.2. The summed E-state index contributed by atoms with van der Waals surface area (Å²) in [6.45, 7) is 3.84. The lowest BCUT2D eigenvalue weighted by Gasteiger charge is -2.12. The maximum atomic E-state index is 13.2. The highest BCUT2D eigenvalue weighted by atomic mass is 19.1. The summed E-state index contributed by atoms with van der Waals surface area (Å²) in [4.78, 5) is 37.5. The number of carbonyl (C=O) groups is 3. The fourth-order valence-electron chi connectivity index (χ4n) is 2.96. The molecule has 0 aliphatic heterocycles. The second kappa shape index (κ2) is 9.80. The van der Waals surface area contributed by atoms with Gasteiger partial charge in [-0.2, -0.15) is 0 Å². The summed E-state index contributed by atoms with van der Waals surface area (Å²) < 4.78 is 13.2. The van der Waals surface area contributed by atoms with Gasteiger partial charge < -0.3 is 10.6 Å². The molecule has 0 aromatic heterocycles.